The average molecular weight is 329 g/mol. The van der Waals surface area contributed by atoms with Crippen molar-refractivity contribution in [2.24, 2.45) is 0 Å². The summed E-state index contributed by atoms with van der Waals surface area (Å²) in [6.07, 6.45) is 2.14. The van der Waals surface area contributed by atoms with Gasteiger partial charge < -0.3 is 9.47 Å². The molecule has 1 amide bonds. The van der Waals surface area contributed by atoms with Gasteiger partial charge in [0.2, 0.25) is 5.91 Å². The lowest BCUT2D eigenvalue weighted by molar-refractivity contribution is -0.132. The van der Waals surface area contributed by atoms with E-state index in [9.17, 15) is 4.79 Å². The number of aromatic nitrogens is 3. The van der Waals surface area contributed by atoms with Gasteiger partial charge in [-0.2, -0.15) is 0 Å². The lowest BCUT2D eigenvalue weighted by Crippen LogP contribution is -2.33. The summed E-state index contributed by atoms with van der Waals surface area (Å²) >= 11 is 11.8. The van der Waals surface area contributed by atoms with Crippen LogP contribution in [0.1, 0.15) is 25.7 Å². The maximum Gasteiger partial charge on any atom is 0.245 e. The number of hydrogen-bond donors (Lipinski definition) is 0. The fourth-order valence-corrected chi connectivity index (χ4v) is 2.58. The highest BCUT2D eigenvalue weighted by Crippen LogP contribution is 2.23. The van der Waals surface area contributed by atoms with Gasteiger partial charge in [0, 0.05) is 32.1 Å². The number of hydrogen-bond acceptors (Lipinski definition) is 3. The molecule has 0 saturated carbocycles. The van der Waals surface area contributed by atoms with E-state index in [1.807, 2.05) is 18.4 Å². The fourth-order valence-electron chi connectivity index (χ4n) is 2.26. The molecule has 0 spiro atoms. The summed E-state index contributed by atoms with van der Waals surface area (Å²) < 4.78 is 1.85. The number of carbonyl (C=O) groups is 1. The van der Waals surface area contributed by atoms with Crippen LogP contribution in [-0.2, 0) is 11.2 Å². The second-order valence-corrected chi connectivity index (χ2v) is 5.68. The van der Waals surface area contributed by atoms with E-state index < -0.39 is 0 Å². The molecule has 21 heavy (non-hydrogen) atoms. The van der Waals surface area contributed by atoms with Gasteiger partial charge in [-0.25, -0.2) is 9.97 Å². The third kappa shape index (κ3) is 3.14. The van der Waals surface area contributed by atoms with E-state index in [2.05, 4.69) is 9.97 Å². The lowest BCUT2D eigenvalue weighted by Gasteiger charge is -2.22. The average Bonchev–Trinajstić information content (AvgIpc) is 2.82. The Hall–Kier alpha value is -1.33. The molecular formula is C14H18Cl2N4O. The van der Waals surface area contributed by atoms with E-state index >= 15 is 0 Å². The van der Waals surface area contributed by atoms with Gasteiger partial charge in [0.05, 0.1) is 5.02 Å². The van der Waals surface area contributed by atoms with Gasteiger partial charge >= 0.3 is 0 Å². The topological polar surface area (TPSA) is 51.0 Å². The molecule has 0 aliphatic heterocycles. The van der Waals surface area contributed by atoms with Crippen molar-refractivity contribution in [1.82, 2.24) is 19.4 Å². The molecule has 0 N–H and O–H groups in total. The molecule has 7 heteroatoms. The standard InChI is InChI=1S/C14H18Cl2N4O/c1-4-19(3)14(21)9(2)20-12(5-6-15)18-11-7-10(16)8-17-13(11)20/h7-9H,4-6H2,1-3H3. The maximum absolute atomic E-state index is 12.4. The molecule has 0 bridgehead atoms. The molecule has 5 nitrogen and oxygen atoms in total. The number of nitrogens with zero attached hydrogens (tertiary/aromatic N) is 4. The molecule has 0 aromatic carbocycles. The van der Waals surface area contributed by atoms with Crippen LogP contribution < -0.4 is 0 Å². The minimum Gasteiger partial charge on any atom is -0.344 e. The van der Waals surface area contributed by atoms with Crippen molar-refractivity contribution in [3.8, 4) is 0 Å². The van der Waals surface area contributed by atoms with E-state index in [4.69, 9.17) is 23.2 Å². The molecule has 0 radical (unpaired) electrons. The van der Waals surface area contributed by atoms with Crippen LogP contribution in [0.15, 0.2) is 12.3 Å². The normalized spacial score (nSPS) is 12.6. The first-order valence-electron chi connectivity index (χ1n) is 6.82. The minimum absolute atomic E-state index is 0.0179. The van der Waals surface area contributed by atoms with Crippen molar-refractivity contribution in [1.29, 1.82) is 0 Å². The number of fused-ring (bicyclic) bond motifs is 1. The highest BCUT2D eigenvalue weighted by atomic mass is 35.5. The first-order valence-corrected chi connectivity index (χ1v) is 7.74. The zero-order valence-corrected chi connectivity index (χ0v) is 13.8. The van der Waals surface area contributed by atoms with E-state index in [-0.39, 0.29) is 11.9 Å². The molecule has 1 atom stereocenters. The molecule has 0 aliphatic carbocycles. The zero-order valence-electron chi connectivity index (χ0n) is 12.3. The minimum atomic E-state index is -0.383. The highest BCUT2D eigenvalue weighted by molar-refractivity contribution is 6.31. The molecule has 0 fully saturated rings. The van der Waals surface area contributed by atoms with Crippen LogP contribution in [0.3, 0.4) is 0 Å². The number of pyridine rings is 1. The van der Waals surface area contributed by atoms with E-state index in [1.54, 1.807) is 24.2 Å². The summed E-state index contributed by atoms with van der Waals surface area (Å²) in [4.78, 5) is 22.9. The Bertz CT molecular complexity index is 656. The molecule has 2 heterocycles. The Kier molecular flexibility index (Phi) is 5.06. The van der Waals surface area contributed by atoms with Crippen LogP contribution in [0.4, 0.5) is 0 Å². The van der Waals surface area contributed by atoms with Crippen LogP contribution in [-0.4, -0.2) is 44.8 Å². The highest BCUT2D eigenvalue weighted by Gasteiger charge is 2.24. The molecule has 2 rings (SSSR count). The summed E-state index contributed by atoms with van der Waals surface area (Å²) in [5.74, 6) is 1.20. The van der Waals surface area contributed by atoms with Crippen molar-refractivity contribution in [2.75, 3.05) is 19.5 Å². The van der Waals surface area contributed by atoms with Crippen molar-refractivity contribution >= 4 is 40.3 Å². The number of rotatable bonds is 5. The van der Waals surface area contributed by atoms with Gasteiger partial charge in [-0.05, 0) is 19.9 Å². The second kappa shape index (κ2) is 6.62. The number of amides is 1. The van der Waals surface area contributed by atoms with Crippen LogP contribution in [0.25, 0.3) is 11.2 Å². The third-order valence-corrected chi connectivity index (χ3v) is 3.88. The summed E-state index contributed by atoms with van der Waals surface area (Å²) in [6.45, 7) is 4.44. The summed E-state index contributed by atoms with van der Waals surface area (Å²) in [7, 11) is 1.78. The predicted octanol–water partition coefficient (Wildman–Crippen LogP) is 2.91. The summed E-state index contributed by atoms with van der Waals surface area (Å²) in [6, 6.07) is 1.37. The maximum atomic E-state index is 12.4. The molecule has 0 saturated heterocycles. The van der Waals surface area contributed by atoms with Gasteiger partial charge in [-0.15, -0.1) is 11.6 Å². The Morgan fingerprint density at radius 3 is 2.86 bits per heavy atom. The SMILES string of the molecule is CCN(C)C(=O)C(C)n1c(CCCl)nc2cc(Cl)cnc21. The van der Waals surface area contributed by atoms with Crippen LogP contribution in [0.2, 0.25) is 5.02 Å². The largest absolute Gasteiger partial charge is 0.344 e. The monoisotopic (exact) mass is 328 g/mol. The number of likely N-dealkylation sites (N-methyl/N-ethyl adjacent to an activating group) is 1. The molecule has 0 aliphatic rings. The first kappa shape index (κ1) is 16.0. The van der Waals surface area contributed by atoms with Crippen molar-refractivity contribution < 1.29 is 4.79 Å². The Balaban J connectivity index is 2.54. The number of aryl methyl sites for hydroxylation is 1. The van der Waals surface area contributed by atoms with Crippen molar-refractivity contribution in [2.45, 2.75) is 26.3 Å². The number of imidazole rings is 1. The first-order chi connectivity index (χ1) is 9.99. The van der Waals surface area contributed by atoms with Crippen LogP contribution >= 0.6 is 23.2 Å². The fraction of sp³-hybridized carbons (Fsp3) is 0.500. The molecule has 1 unspecified atom stereocenters. The molecular weight excluding hydrogens is 311 g/mol. The Morgan fingerprint density at radius 1 is 1.52 bits per heavy atom. The number of alkyl halides is 1. The second-order valence-electron chi connectivity index (χ2n) is 4.86. The van der Waals surface area contributed by atoms with E-state index in [0.29, 0.717) is 35.0 Å². The lowest BCUT2D eigenvalue weighted by atomic mass is 10.2. The van der Waals surface area contributed by atoms with Gasteiger partial charge in [-0.3, -0.25) is 4.79 Å². The third-order valence-electron chi connectivity index (χ3n) is 3.48. The van der Waals surface area contributed by atoms with Crippen LogP contribution in [0.5, 0.6) is 0 Å². The molecule has 2 aromatic heterocycles. The Labute approximate surface area is 133 Å². The summed E-state index contributed by atoms with van der Waals surface area (Å²) in [5, 5.41) is 0.522. The Morgan fingerprint density at radius 2 is 2.24 bits per heavy atom. The van der Waals surface area contributed by atoms with Crippen molar-refractivity contribution in [3.05, 3.63) is 23.1 Å². The number of halogens is 2. The predicted molar refractivity (Wildman–Crippen MR) is 85.0 cm³/mol. The van der Waals surface area contributed by atoms with Crippen molar-refractivity contribution in [3.63, 3.8) is 0 Å². The van der Waals surface area contributed by atoms with E-state index in [0.717, 1.165) is 5.82 Å². The molecule has 114 valence electrons. The zero-order chi connectivity index (χ0) is 15.6. The molecule has 2 aromatic rings. The number of carbonyl (C=O) groups excluding carboxylic acids is 1. The van der Waals surface area contributed by atoms with E-state index in [1.165, 1.54) is 0 Å². The van der Waals surface area contributed by atoms with Gasteiger partial charge in [-0.1, -0.05) is 11.6 Å². The summed E-state index contributed by atoms with van der Waals surface area (Å²) in [5.41, 5.74) is 1.34. The van der Waals surface area contributed by atoms with Gasteiger partial charge in [0.15, 0.2) is 5.65 Å². The smallest absolute Gasteiger partial charge is 0.245 e. The van der Waals surface area contributed by atoms with Crippen LogP contribution in [0, 0.1) is 0 Å². The van der Waals surface area contributed by atoms with Gasteiger partial charge in [0.1, 0.15) is 17.4 Å². The quantitative estimate of drug-likeness (QED) is 0.793. The van der Waals surface area contributed by atoms with Gasteiger partial charge in [0.25, 0.3) is 0 Å².